The normalized spacial score (nSPS) is 18.4. The first-order chi connectivity index (χ1) is 15.6. The molecular formula is C23H28ClN3O5S. The molecule has 1 aromatic heterocycles. The first kappa shape index (κ1) is 24.9. The first-order valence-electron chi connectivity index (χ1n) is 10.6. The lowest BCUT2D eigenvalue weighted by molar-refractivity contribution is 0.0159. The average Bonchev–Trinajstić information content (AvgIpc) is 3.19. The number of benzene rings is 1. The summed E-state index contributed by atoms with van der Waals surface area (Å²) in [5.74, 6) is -0.326. The van der Waals surface area contributed by atoms with E-state index < -0.39 is 29.9 Å². The number of carbonyl (C=O) groups is 3. The Hall–Kier alpha value is -2.78. The van der Waals surface area contributed by atoms with E-state index in [0.29, 0.717) is 22.2 Å². The van der Waals surface area contributed by atoms with Gasteiger partial charge in [0.05, 0.1) is 21.3 Å². The van der Waals surface area contributed by atoms with Crippen molar-refractivity contribution >= 4 is 41.0 Å². The van der Waals surface area contributed by atoms with Crippen LogP contribution in [0.1, 0.15) is 42.4 Å². The molecule has 2 atom stereocenters. The Morgan fingerprint density at radius 2 is 1.82 bits per heavy atom. The van der Waals surface area contributed by atoms with Gasteiger partial charge in [0.15, 0.2) is 0 Å². The van der Waals surface area contributed by atoms with Gasteiger partial charge in [-0.2, -0.15) is 0 Å². The highest BCUT2D eigenvalue weighted by Crippen LogP contribution is 2.22. The van der Waals surface area contributed by atoms with Crippen LogP contribution < -0.4 is 10.6 Å². The zero-order chi connectivity index (χ0) is 24.0. The maximum Gasteiger partial charge on any atom is 0.410 e. The molecule has 2 N–H and O–H groups in total. The third-order valence-electron chi connectivity index (χ3n) is 4.89. The molecule has 0 saturated carbocycles. The van der Waals surface area contributed by atoms with Gasteiger partial charge in [0.2, 0.25) is 0 Å². The fraction of sp³-hybridized carbons (Fsp3) is 0.435. The van der Waals surface area contributed by atoms with Crippen molar-refractivity contribution in [3.05, 3.63) is 57.2 Å². The number of carbonyl (C=O) groups excluding carboxylic acids is 3. The van der Waals surface area contributed by atoms with Crippen LogP contribution in [0.5, 0.6) is 0 Å². The molecule has 1 fully saturated rings. The lowest BCUT2D eigenvalue weighted by Gasteiger charge is -2.39. The summed E-state index contributed by atoms with van der Waals surface area (Å²) < 4.78 is 11.3. The predicted octanol–water partition coefficient (Wildman–Crippen LogP) is 4.44. The van der Waals surface area contributed by atoms with E-state index in [1.54, 1.807) is 32.9 Å². The van der Waals surface area contributed by atoms with Gasteiger partial charge in [-0.05, 0) is 44.9 Å². The Kier molecular flexibility index (Phi) is 8.20. The zero-order valence-corrected chi connectivity index (χ0v) is 20.4. The molecule has 3 amide bonds. The Balaban J connectivity index is 1.65. The van der Waals surface area contributed by atoms with Crippen LogP contribution in [-0.2, 0) is 16.1 Å². The standard InChI is InChI=1S/C23H28ClN3O5S/c1-23(2,3)32-22(30)27-12-11-16(26-21(29)31-14-15-7-5-4-6-8-15)17(13-27)25-20(28)18-9-10-19(24)33-18/h4-10,16-17H,11-14H2,1-3H3,(H,25,28)(H,26,29)/t16-,17+/m1/s1. The highest BCUT2D eigenvalue weighted by atomic mass is 35.5. The molecule has 1 aliphatic heterocycles. The van der Waals surface area contributed by atoms with E-state index in [-0.39, 0.29) is 19.1 Å². The van der Waals surface area contributed by atoms with Gasteiger partial charge in [-0.3, -0.25) is 4.79 Å². The average molecular weight is 494 g/mol. The fourth-order valence-electron chi connectivity index (χ4n) is 3.36. The monoisotopic (exact) mass is 493 g/mol. The van der Waals surface area contributed by atoms with Crippen LogP contribution >= 0.6 is 22.9 Å². The van der Waals surface area contributed by atoms with Crippen molar-refractivity contribution in [3.63, 3.8) is 0 Å². The van der Waals surface area contributed by atoms with E-state index in [2.05, 4.69) is 10.6 Å². The highest BCUT2D eigenvalue weighted by Gasteiger charge is 2.35. The first-order valence-corrected chi connectivity index (χ1v) is 11.8. The van der Waals surface area contributed by atoms with Crippen LogP contribution in [0.2, 0.25) is 4.34 Å². The lowest BCUT2D eigenvalue weighted by atomic mass is 9.99. The van der Waals surface area contributed by atoms with Crippen molar-refractivity contribution in [1.29, 1.82) is 0 Å². The van der Waals surface area contributed by atoms with Crippen molar-refractivity contribution in [3.8, 4) is 0 Å². The molecule has 1 aliphatic rings. The van der Waals surface area contributed by atoms with Gasteiger partial charge in [0, 0.05) is 13.1 Å². The number of hydrogen-bond acceptors (Lipinski definition) is 6. The number of alkyl carbamates (subject to hydrolysis) is 1. The highest BCUT2D eigenvalue weighted by molar-refractivity contribution is 7.18. The van der Waals surface area contributed by atoms with E-state index in [1.165, 1.54) is 4.90 Å². The van der Waals surface area contributed by atoms with Gasteiger partial charge >= 0.3 is 12.2 Å². The minimum atomic E-state index is -0.639. The number of rotatable bonds is 5. The van der Waals surface area contributed by atoms with E-state index in [0.717, 1.165) is 16.9 Å². The molecule has 0 spiro atoms. The SMILES string of the molecule is CC(C)(C)OC(=O)N1CC[C@@H](NC(=O)OCc2ccccc2)[C@@H](NC(=O)c2ccc(Cl)s2)C1. The zero-order valence-electron chi connectivity index (χ0n) is 18.8. The summed E-state index contributed by atoms with van der Waals surface area (Å²) in [6.45, 7) is 6.07. The second-order valence-corrected chi connectivity index (χ2v) is 10.4. The third kappa shape index (κ3) is 7.64. The Bertz CT molecular complexity index is 976. The topological polar surface area (TPSA) is 97.0 Å². The molecule has 2 aromatic rings. The molecule has 0 unspecified atom stereocenters. The molecule has 33 heavy (non-hydrogen) atoms. The smallest absolute Gasteiger partial charge is 0.410 e. The molecule has 1 saturated heterocycles. The minimum absolute atomic E-state index is 0.133. The maximum absolute atomic E-state index is 12.7. The molecule has 10 heteroatoms. The number of likely N-dealkylation sites (tertiary alicyclic amines) is 1. The van der Waals surface area contributed by atoms with Gasteiger partial charge in [-0.15, -0.1) is 11.3 Å². The van der Waals surface area contributed by atoms with Gasteiger partial charge in [-0.25, -0.2) is 9.59 Å². The molecular weight excluding hydrogens is 466 g/mol. The summed E-state index contributed by atoms with van der Waals surface area (Å²) in [5.41, 5.74) is 0.228. The molecule has 178 valence electrons. The van der Waals surface area contributed by atoms with Crippen molar-refractivity contribution < 1.29 is 23.9 Å². The molecule has 0 radical (unpaired) electrons. The van der Waals surface area contributed by atoms with Crippen LogP contribution in [0.3, 0.4) is 0 Å². The largest absolute Gasteiger partial charge is 0.445 e. The van der Waals surface area contributed by atoms with Crippen LogP contribution in [0.15, 0.2) is 42.5 Å². The Morgan fingerprint density at radius 3 is 2.45 bits per heavy atom. The van der Waals surface area contributed by atoms with E-state index in [9.17, 15) is 14.4 Å². The summed E-state index contributed by atoms with van der Waals surface area (Å²) in [6.07, 6.45) is -0.630. The van der Waals surface area contributed by atoms with Crippen molar-refractivity contribution in [2.45, 2.75) is 51.5 Å². The number of nitrogens with zero attached hydrogens (tertiary/aromatic N) is 1. The van der Waals surface area contributed by atoms with Gasteiger partial charge in [0.1, 0.15) is 12.2 Å². The van der Waals surface area contributed by atoms with Crippen LogP contribution in [-0.4, -0.2) is 53.8 Å². The Morgan fingerprint density at radius 1 is 1.09 bits per heavy atom. The van der Waals surface area contributed by atoms with E-state index in [4.69, 9.17) is 21.1 Å². The minimum Gasteiger partial charge on any atom is -0.445 e. The predicted molar refractivity (Wildman–Crippen MR) is 127 cm³/mol. The molecule has 2 heterocycles. The van der Waals surface area contributed by atoms with E-state index in [1.807, 2.05) is 30.3 Å². The van der Waals surface area contributed by atoms with Crippen molar-refractivity contribution in [2.24, 2.45) is 0 Å². The van der Waals surface area contributed by atoms with Crippen LogP contribution in [0, 0.1) is 0 Å². The molecule has 1 aromatic carbocycles. The summed E-state index contributed by atoms with van der Waals surface area (Å²) in [7, 11) is 0. The van der Waals surface area contributed by atoms with Crippen LogP contribution in [0.4, 0.5) is 9.59 Å². The molecule has 8 nitrogen and oxygen atoms in total. The van der Waals surface area contributed by atoms with Crippen molar-refractivity contribution in [1.82, 2.24) is 15.5 Å². The maximum atomic E-state index is 12.7. The molecule has 3 rings (SSSR count). The van der Waals surface area contributed by atoms with Gasteiger partial charge < -0.3 is 25.0 Å². The van der Waals surface area contributed by atoms with Crippen LogP contribution in [0.25, 0.3) is 0 Å². The number of nitrogens with one attached hydrogen (secondary N) is 2. The number of amides is 3. The quantitative estimate of drug-likeness (QED) is 0.642. The lowest BCUT2D eigenvalue weighted by Crippen LogP contribution is -2.61. The number of thiophene rings is 1. The number of piperidine rings is 1. The van der Waals surface area contributed by atoms with Gasteiger partial charge in [-0.1, -0.05) is 41.9 Å². The third-order valence-corrected chi connectivity index (χ3v) is 6.12. The summed E-state index contributed by atoms with van der Waals surface area (Å²) in [5, 5.41) is 5.75. The summed E-state index contributed by atoms with van der Waals surface area (Å²) in [4.78, 5) is 39.7. The second-order valence-electron chi connectivity index (χ2n) is 8.71. The summed E-state index contributed by atoms with van der Waals surface area (Å²) >= 11 is 7.11. The molecule has 0 bridgehead atoms. The number of ether oxygens (including phenoxy) is 2. The Labute approximate surface area is 202 Å². The molecule has 0 aliphatic carbocycles. The second kappa shape index (κ2) is 10.9. The summed E-state index contributed by atoms with van der Waals surface area (Å²) in [6, 6.07) is 11.7. The fourth-order valence-corrected chi connectivity index (χ4v) is 4.30. The number of halogens is 1. The number of hydrogen-bond donors (Lipinski definition) is 2. The van der Waals surface area contributed by atoms with Gasteiger partial charge in [0.25, 0.3) is 5.91 Å². The van der Waals surface area contributed by atoms with Crippen molar-refractivity contribution in [2.75, 3.05) is 13.1 Å². The van der Waals surface area contributed by atoms with E-state index >= 15 is 0 Å².